The van der Waals surface area contributed by atoms with Crippen LogP contribution in [-0.2, 0) is 0 Å². The van der Waals surface area contributed by atoms with E-state index in [-0.39, 0.29) is 17.4 Å². The number of piperazine rings is 1. The van der Waals surface area contributed by atoms with Gasteiger partial charge >= 0.3 is 5.97 Å². The topological polar surface area (TPSA) is 81.6 Å². The summed E-state index contributed by atoms with van der Waals surface area (Å²) >= 11 is 3.20. The first-order chi connectivity index (χ1) is 8.11. The highest BCUT2D eigenvalue weighted by Crippen LogP contribution is 2.35. The number of phenolic OH excluding ortho intramolecular Hbond substituents is 1. The second-order valence-electron chi connectivity index (χ2n) is 3.87. The molecule has 0 unspecified atom stereocenters. The number of halogens is 1. The van der Waals surface area contributed by atoms with Gasteiger partial charge in [-0.25, -0.2) is 4.79 Å². The molecule has 1 aliphatic heterocycles. The van der Waals surface area contributed by atoms with Crippen LogP contribution in [0.1, 0.15) is 22.0 Å². The van der Waals surface area contributed by atoms with Gasteiger partial charge in [-0.3, -0.25) is 0 Å². The molecule has 1 fully saturated rings. The maximum Gasteiger partial charge on any atom is 0.336 e. The molecule has 0 amide bonds. The molecule has 1 heterocycles. The third-order valence-electron chi connectivity index (χ3n) is 2.79. The molecule has 17 heavy (non-hydrogen) atoms. The highest BCUT2D eigenvalue weighted by atomic mass is 79.9. The molecule has 92 valence electrons. The molecule has 1 aromatic rings. The summed E-state index contributed by atoms with van der Waals surface area (Å²) < 4.78 is 0.505. The van der Waals surface area contributed by atoms with Crippen molar-refractivity contribution in [1.82, 2.24) is 10.6 Å². The van der Waals surface area contributed by atoms with Crippen molar-refractivity contribution in [2.45, 2.75) is 6.04 Å². The molecule has 0 saturated carbocycles. The van der Waals surface area contributed by atoms with Crippen LogP contribution < -0.4 is 10.6 Å². The van der Waals surface area contributed by atoms with E-state index in [2.05, 4.69) is 26.6 Å². The predicted molar refractivity (Wildman–Crippen MR) is 66.4 cm³/mol. The Hall–Kier alpha value is -1.11. The van der Waals surface area contributed by atoms with Gasteiger partial charge in [0, 0.05) is 31.2 Å². The Morgan fingerprint density at radius 1 is 1.41 bits per heavy atom. The number of aromatic hydroxyl groups is 1. The van der Waals surface area contributed by atoms with E-state index in [1.807, 2.05) is 0 Å². The molecule has 2 rings (SSSR count). The fourth-order valence-electron chi connectivity index (χ4n) is 1.98. The molecule has 1 atom stereocenters. The van der Waals surface area contributed by atoms with Gasteiger partial charge in [0.1, 0.15) is 5.75 Å². The van der Waals surface area contributed by atoms with E-state index in [4.69, 9.17) is 5.11 Å². The number of carbonyl (C=O) groups is 1. The molecule has 6 heteroatoms. The molecular formula is C11H13BrN2O3. The van der Waals surface area contributed by atoms with Gasteiger partial charge in [0.25, 0.3) is 0 Å². The van der Waals surface area contributed by atoms with E-state index < -0.39 is 5.97 Å². The van der Waals surface area contributed by atoms with E-state index in [0.717, 1.165) is 13.1 Å². The van der Waals surface area contributed by atoms with Crippen LogP contribution in [0.15, 0.2) is 16.6 Å². The summed E-state index contributed by atoms with van der Waals surface area (Å²) in [4.78, 5) is 11.2. The average molecular weight is 301 g/mol. The first kappa shape index (κ1) is 12.3. The number of phenols is 1. The molecule has 0 aromatic heterocycles. The fraction of sp³-hybridized carbons (Fsp3) is 0.364. The zero-order valence-corrected chi connectivity index (χ0v) is 10.6. The highest BCUT2D eigenvalue weighted by Gasteiger charge is 2.25. The van der Waals surface area contributed by atoms with Crippen molar-refractivity contribution < 1.29 is 15.0 Å². The average Bonchev–Trinajstić information content (AvgIpc) is 2.33. The van der Waals surface area contributed by atoms with E-state index in [9.17, 15) is 9.90 Å². The Morgan fingerprint density at radius 3 is 2.76 bits per heavy atom. The number of hydrogen-bond acceptors (Lipinski definition) is 4. The lowest BCUT2D eigenvalue weighted by atomic mass is 9.98. The summed E-state index contributed by atoms with van der Waals surface area (Å²) in [6, 6.07) is 2.85. The van der Waals surface area contributed by atoms with Crippen molar-refractivity contribution in [1.29, 1.82) is 0 Å². The van der Waals surface area contributed by atoms with Crippen molar-refractivity contribution in [3.63, 3.8) is 0 Å². The Labute approximate surface area is 107 Å². The molecule has 0 aliphatic carbocycles. The SMILES string of the molecule is O=C(O)c1ccc(Br)c(O)c1[C@H]1CNCCN1. The van der Waals surface area contributed by atoms with Gasteiger partial charge in [0.05, 0.1) is 10.0 Å². The Balaban J connectivity index is 2.48. The van der Waals surface area contributed by atoms with Crippen molar-refractivity contribution in [2.24, 2.45) is 0 Å². The highest BCUT2D eigenvalue weighted by molar-refractivity contribution is 9.10. The molecular weight excluding hydrogens is 288 g/mol. The van der Waals surface area contributed by atoms with Crippen LogP contribution in [0, 0.1) is 0 Å². The van der Waals surface area contributed by atoms with E-state index in [1.54, 1.807) is 6.07 Å². The standard InChI is InChI=1S/C11H13BrN2O3/c12-7-2-1-6(11(16)17)9(10(7)15)8-5-13-3-4-14-8/h1-2,8,13-15H,3-5H2,(H,16,17)/t8-/m1/s1. The Bertz CT molecular complexity index is 445. The molecule has 0 bridgehead atoms. The minimum atomic E-state index is -1.03. The van der Waals surface area contributed by atoms with Gasteiger partial charge in [-0.15, -0.1) is 0 Å². The van der Waals surface area contributed by atoms with Gasteiger partial charge in [-0.2, -0.15) is 0 Å². The van der Waals surface area contributed by atoms with Gasteiger partial charge < -0.3 is 20.8 Å². The minimum Gasteiger partial charge on any atom is -0.506 e. The van der Waals surface area contributed by atoms with Crippen LogP contribution in [0.25, 0.3) is 0 Å². The first-order valence-corrected chi connectivity index (χ1v) is 6.09. The monoisotopic (exact) mass is 300 g/mol. The summed E-state index contributed by atoms with van der Waals surface area (Å²) in [5.74, 6) is -1.04. The summed E-state index contributed by atoms with van der Waals surface area (Å²) in [5, 5.41) is 25.5. The van der Waals surface area contributed by atoms with Crippen LogP contribution in [0.5, 0.6) is 5.75 Å². The van der Waals surface area contributed by atoms with E-state index >= 15 is 0 Å². The van der Waals surface area contributed by atoms with Crippen molar-refractivity contribution in [3.8, 4) is 5.75 Å². The maximum atomic E-state index is 11.2. The lowest BCUT2D eigenvalue weighted by Gasteiger charge is -2.26. The third kappa shape index (κ3) is 2.43. The molecule has 0 radical (unpaired) electrons. The van der Waals surface area contributed by atoms with E-state index in [1.165, 1.54) is 6.07 Å². The summed E-state index contributed by atoms with van der Waals surface area (Å²) in [6.07, 6.45) is 0. The zero-order chi connectivity index (χ0) is 12.4. The lowest BCUT2D eigenvalue weighted by molar-refractivity contribution is 0.0694. The normalized spacial score (nSPS) is 20.2. The van der Waals surface area contributed by atoms with Gasteiger partial charge in [-0.1, -0.05) is 0 Å². The zero-order valence-electron chi connectivity index (χ0n) is 9.03. The van der Waals surface area contributed by atoms with Crippen LogP contribution in [-0.4, -0.2) is 35.8 Å². The Morgan fingerprint density at radius 2 is 2.18 bits per heavy atom. The number of hydrogen-bond donors (Lipinski definition) is 4. The van der Waals surface area contributed by atoms with Crippen LogP contribution >= 0.6 is 15.9 Å². The second kappa shape index (κ2) is 5.03. The molecule has 4 N–H and O–H groups in total. The van der Waals surface area contributed by atoms with Crippen LogP contribution in [0.3, 0.4) is 0 Å². The Kier molecular flexibility index (Phi) is 3.66. The van der Waals surface area contributed by atoms with Crippen molar-refractivity contribution in [3.05, 3.63) is 27.7 Å². The number of rotatable bonds is 2. The summed E-state index contributed by atoms with van der Waals surface area (Å²) in [6.45, 7) is 2.19. The van der Waals surface area contributed by atoms with Gasteiger partial charge in [0.2, 0.25) is 0 Å². The summed E-state index contributed by atoms with van der Waals surface area (Å²) in [7, 11) is 0. The molecule has 1 saturated heterocycles. The fourth-order valence-corrected chi connectivity index (χ4v) is 2.32. The largest absolute Gasteiger partial charge is 0.506 e. The minimum absolute atomic E-state index is 0.00824. The van der Waals surface area contributed by atoms with Crippen molar-refractivity contribution in [2.75, 3.05) is 19.6 Å². The molecule has 5 nitrogen and oxygen atoms in total. The number of carboxylic acid groups (broad SMARTS) is 1. The third-order valence-corrected chi connectivity index (χ3v) is 3.43. The second-order valence-corrected chi connectivity index (χ2v) is 4.73. The number of carboxylic acids is 1. The number of aromatic carboxylic acids is 1. The lowest BCUT2D eigenvalue weighted by Crippen LogP contribution is -2.43. The first-order valence-electron chi connectivity index (χ1n) is 5.30. The number of benzene rings is 1. The molecule has 1 aliphatic rings. The van der Waals surface area contributed by atoms with E-state index in [0.29, 0.717) is 16.6 Å². The quantitative estimate of drug-likeness (QED) is 0.657. The molecule has 0 spiro atoms. The van der Waals surface area contributed by atoms with Gasteiger partial charge in [0.15, 0.2) is 0 Å². The van der Waals surface area contributed by atoms with Crippen molar-refractivity contribution >= 4 is 21.9 Å². The van der Waals surface area contributed by atoms with Crippen LogP contribution in [0.4, 0.5) is 0 Å². The number of nitrogens with one attached hydrogen (secondary N) is 2. The van der Waals surface area contributed by atoms with Crippen LogP contribution in [0.2, 0.25) is 0 Å². The smallest absolute Gasteiger partial charge is 0.336 e. The van der Waals surface area contributed by atoms with Gasteiger partial charge in [-0.05, 0) is 28.1 Å². The summed E-state index contributed by atoms with van der Waals surface area (Å²) in [5.41, 5.74) is 0.561. The predicted octanol–water partition coefficient (Wildman–Crippen LogP) is 1.09. The maximum absolute atomic E-state index is 11.2. The molecule has 1 aromatic carbocycles.